The molecule has 0 heterocycles. The van der Waals surface area contributed by atoms with Crippen LogP contribution in [0.25, 0.3) is 0 Å². The number of anilines is 1. The Morgan fingerprint density at radius 1 is 0.875 bits per heavy atom. The van der Waals surface area contributed by atoms with Crippen LogP contribution in [0.15, 0.2) is 108 Å². The highest BCUT2D eigenvalue weighted by atomic mass is 35.5. The number of ether oxygens (including phenoxy) is 1. The molecule has 1 fully saturated rings. The summed E-state index contributed by atoms with van der Waals surface area (Å²) in [6, 6.07) is 28.9. The molecule has 252 valence electrons. The van der Waals surface area contributed by atoms with Crippen molar-refractivity contribution in [2.24, 2.45) is 0 Å². The summed E-state index contributed by atoms with van der Waals surface area (Å²) < 4.78 is 35.1. The Labute approximate surface area is 288 Å². The fraction of sp³-hybridized carbons (Fsp3) is 0.316. The van der Waals surface area contributed by atoms with Crippen LogP contribution >= 0.6 is 11.6 Å². The number of carbonyl (C=O) groups is 2. The zero-order chi connectivity index (χ0) is 34.1. The lowest BCUT2D eigenvalue weighted by molar-refractivity contribution is -0.140. The van der Waals surface area contributed by atoms with Crippen LogP contribution in [0.2, 0.25) is 5.02 Å². The SMILES string of the molecule is CCOc1ccc(N(CC(=O)N(Cc2ccc(C)cc2)[C@H](Cc2ccccc2)C(=O)NC2CCCC2)S(=O)(=O)c2ccc(Cl)cc2)cc1. The summed E-state index contributed by atoms with van der Waals surface area (Å²) in [5, 5.41) is 3.59. The van der Waals surface area contributed by atoms with Crippen LogP contribution in [-0.4, -0.2) is 50.4 Å². The van der Waals surface area contributed by atoms with Crippen LogP contribution in [0, 0.1) is 6.92 Å². The van der Waals surface area contributed by atoms with E-state index >= 15 is 0 Å². The minimum Gasteiger partial charge on any atom is -0.494 e. The van der Waals surface area contributed by atoms with Crippen LogP contribution in [0.4, 0.5) is 5.69 Å². The molecular weight excluding hydrogens is 646 g/mol. The molecule has 0 aliphatic heterocycles. The fourth-order valence-corrected chi connectivity index (χ4v) is 7.49. The van der Waals surface area contributed by atoms with Gasteiger partial charge >= 0.3 is 0 Å². The van der Waals surface area contributed by atoms with Gasteiger partial charge in [-0.1, -0.05) is 84.6 Å². The molecule has 0 spiro atoms. The van der Waals surface area contributed by atoms with Crippen LogP contribution in [0.3, 0.4) is 0 Å². The van der Waals surface area contributed by atoms with Gasteiger partial charge in [-0.2, -0.15) is 0 Å². The van der Waals surface area contributed by atoms with E-state index in [0.717, 1.165) is 46.7 Å². The van der Waals surface area contributed by atoms with E-state index in [1.54, 1.807) is 24.3 Å². The average molecular weight is 688 g/mol. The monoisotopic (exact) mass is 687 g/mol. The van der Waals surface area contributed by atoms with E-state index in [1.165, 1.54) is 29.2 Å². The molecule has 2 amide bonds. The number of halogens is 1. The Morgan fingerprint density at radius 3 is 2.15 bits per heavy atom. The van der Waals surface area contributed by atoms with E-state index in [0.29, 0.717) is 17.4 Å². The van der Waals surface area contributed by atoms with Gasteiger partial charge in [0.25, 0.3) is 10.0 Å². The van der Waals surface area contributed by atoms with E-state index in [-0.39, 0.29) is 35.5 Å². The predicted molar refractivity (Wildman–Crippen MR) is 190 cm³/mol. The van der Waals surface area contributed by atoms with Crippen molar-refractivity contribution in [3.8, 4) is 5.75 Å². The van der Waals surface area contributed by atoms with Crippen LogP contribution in [-0.2, 0) is 32.6 Å². The van der Waals surface area contributed by atoms with Gasteiger partial charge in [0, 0.05) is 24.0 Å². The molecule has 1 aliphatic rings. The quantitative estimate of drug-likeness (QED) is 0.155. The smallest absolute Gasteiger partial charge is 0.264 e. The molecule has 0 radical (unpaired) electrons. The highest BCUT2D eigenvalue weighted by molar-refractivity contribution is 7.92. The van der Waals surface area contributed by atoms with Crippen molar-refractivity contribution < 1.29 is 22.7 Å². The lowest BCUT2D eigenvalue weighted by atomic mass is 10.0. The first-order valence-corrected chi connectivity index (χ1v) is 18.2. The van der Waals surface area contributed by atoms with Gasteiger partial charge in [-0.3, -0.25) is 13.9 Å². The van der Waals surface area contributed by atoms with Crippen molar-refractivity contribution in [1.82, 2.24) is 10.2 Å². The summed E-state index contributed by atoms with van der Waals surface area (Å²) in [6.07, 6.45) is 4.13. The lowest BCUT2D eigenvalue weighted by Gasteiger charge is -2.34. The molecule has 4 aromatic carbocycles. The van der Waals surface area contributed by atoms with Gasteiger partial charge in [0.15, 0.2) is 0 Å². The molecule has 0 aromatic heterocycles. The zero-order valence-corrected chi connectivity index (χ0v) is 28.9. The molecule has 1 saturated carbocycles. The third kappa shape index (κ3) is 8.96. The summed E-state index contributed by atoms with van der Waals surface area (Å²) in [5.74, 6) is -0.187. The molecule has 5 rings (SSSR count). The van der Waals surface area contributed by atoms with Gasteiger partial charge in [0.05, 0.1) is 17.2 Å². The third-order valence-corrected chi connectivity index (χ3v) is 10.6. The van der Waals surface area contributed by atoms with E-state index in [9.17, 15) is 18.0 Å². The maximum absolute atomic E-state index is 14.7. The Bertz CT molecular complexity index is 1760. The lowest BCUT2D eigenvalue weighted by Crippen LogP contribution is -2.54. The van der Waals surface area contributed by atoms with Crippen molar-refractivity contribution in [3.05, 3.63) is 125 Å². The number of sulfonamides is 1. The number of amides is 2. The first kappa shape index (κ1) is 35.0. The molecule has 0 bridgehead atoms. The highest BCUT2D eigenvalue weighted by Gasteiger charge is 2.35. The number of carbonyl (C=O) groups excluding carboxylic acids is 2. The zero-order valence-electron chi connectivity index (χ0n) is 27.3. The second-order valence-electron chi connectivity index (χ2n) is 12.1. The summed E-state index contributed by atoms with van der Waals surface area (Å²) in [5.41, 5.74) is 3.07. The number of rotatable bonds is 14. The first-order chi connectivity index (χ1) is 23.1. The molecule has 0 unspecified atom stereocenters. The van der Waals surface area contributed by atoms with Crippen LogP contribution in [0.1, 0.15) is 49.3 Å². The minimum absolute atomic E-state index is 0.0153. The van der Waals surface area contributed by atoms with Crippen molar-refractivity contribution in [1.29, 1.82) is 0 Å². The van der Waals surface area contributed by atoms with Gasteiger partial charge in [0.2, 0.25) is 11.8 Å². The van der Waals surface area contributed by atoms with Crippen molar-refractivity contribution in [3.63, 3.8) is 0 Å². The molecule has 1 atom stereocenters. The average Bonchev–Trinajstić information content (AvgIpc) is 3.60. The number of benzene rings is 4. The van der Waals surface area contributed by atoms with E-state index in [1.807, 2.05) is 68.4 Å². The molecule has 48 heavy (non-hydrogen) atoms. The molecule has 1 aliphatic carbocycles. The molecule has 10 heteroatoms. The molecule has 4 aromatic rings. The maximum Gasteiger partial charge on any atom is 0.264 e. The van der Waals surface area contributed by atoms with E-state index in [4.69, 9.17) is 16.3 Å². The Kier molecular flexibility index (Phi) is 11.8. The van der Waals surface area contributed by atoms with E-state index in [2.05, 4.69) is 5.32 Å². The summed E-state index contributed by atoms with van der Waals surface area (Å²) in [4.78, 5) is 30.3. The number of hydrogen-bond acceptors (Lipinski definition) is 5. The normalized spacial score (nSPS) is 13.9. The highest BCUT2D eigenvalue weighted by Crippen LogP contribution is 2.28. The van der Waals surface area contributed by atoms with Crippen molar-refractivity contribution >= 4 is 39.1 Å². The standard InChI is InChI=1S/C38H42ClN3O5S/c1-3-47-34-21-19-33(20-22-34)42(48(45,46)35-23-17-31(39)18-24-35)27-37(43)41(26-30-15-13-28(2)14-16-30)36(25-29-9-5-4-6-10-29)38(44)40-32-11-7-8-12-32/h4-6,9-10,13-24,32,36H,3,7-8,11-12,25-27H2,1-2H3,(H,40,44)/t36-/m1/s1. The molecule has 8 nitrogen and oxygen atoms in total. The number of aryl methyl sites for hydroxylation is 1. The topological polar surface area (TPSA) is 96.0 Å². The predicted octanol–water partition coefficient (Wildman–Crippen LogP) is 6.94. The molecular formula is C38H42ClN3O5S. The van der Waals surface area contributed by atoms with Gasteiger partial charge in [0.1, 0.15) is 18.3 Å². The van der Waals surface area contributed by atoms with Crippen LogP contribution < -0.4 is 14.4 Å². The van der Waals surface area contributed by atoms with Gasteiger partial charge in [-0.05, 0) is 86.3 Å². The number of nitrogens with zero attached hydrogens (tertiary/aromatic N) is 2. The second kappa shape index (κ2) is 16.2. The fourth-order valence-electron chi connectivity index (χ4n) is 5.95. The Hall–Kier alpha value is -4.34. The third-order valence-electron chi connectivity index (χ3n) is 8.56. The Balaban J connectivity index is 1.56. The summed E-state index contributed by atoms with van der Waals surface area (Å²) in [6.45, 7) is 3.88. The maximum atomic E-state index is 14.7. The van der Waals surface area contributed by atoms with Crippen LogP contribution in [0.5, 0.6) is 5.75 Å². The Morgan fingerprint density at radius 2 is 1.52 bits per heavy atom. The van der Waals surface area contributed by atoms with Crippen molar-refractivity contribution in [2.45, 2.75) is 69.5 Å². The van der Waals surface area contributed by atoms with Crippen molar-refractivity contribution in [2.75, 3.05) is 17.5 Å². The van der Waals surface area contributed by atoms with Gasteiger partial charge < -0.3 is 15.0 Å². The van der Waals surface area contributed by atoms with E-state index < -0.39 is 28.5 Å². The minimum atomic E-state index is -4.24. The first-order valence-electron chi connectivity index (χ1n) is 16.3. The van der Waals surface area contributed by atoms with Gasteiger partial charge in [-0.25, -0.2) is 8.42 Å². The summed E-state index contributed by atoms with van der Waals surface area (Å²) in [7, 11) is -4.24. The molecule has 1 N–H and O–H groups in total. The van der Waals surface area contributed by atoms with Gasteiger partial charge in [-0.15, -0.1) is 0 Å². The number of hydrogen-bond donors (Lipinski definition) is 1. The largest absolute Gasteiger partial charge is 0.494 e. The molecule has 0 saturated heterocycles. The summed E-state index contributed by atoms with van der Waals surface area (Å²) >= 11 is 6.09. The number of nitrogens with one attached hydrogen (secondary N) is 1. The second-order valence-corrected chi connectivity index (χ2v) is 14.4.